The van der Waals surface area contributed by atoms with E-state index < -0.39 is 36.1 Å². The van der Waals surface area contributed by atoms with E-state index in [0.717, 1.165) is 4.57 Å². The number of aromatic nitrogens is 3. The lowest BCUT2D eigenvalue weighted by Crippen LogP contribution is -2.20. The molecule has 0 bridgehead atoms. The van der Waals surface area contributed by atoms with Crippen LogP contribution in [0.1, 0.15) is 33.6 Å². The van der Waals surface area contributed by atoms with Crippen molar-refractivity contribution in [2.24, 2.45) is 7.05 Å². The van der Waals surface area contributed by atoms with Crippen LogP contribution in [-0.4, -0.2) is 44.3 Å². The van der Waals surface area contributed by atoms with Crippen LogP contribution >= 0.6 is 11.3 Å². The van der Waals surface area contributed by atoms with Crippen molar-refractivity contribution in [1.82, 2.24) is 14.5 Å². The van der Waals surface area contributed by atoms with Gasteiger partial charge in [0, 0.05) is 12.4 Å². The zero-order chi connectivity index (χ0) is 21.3. The number of pyridine rings is 1. The van der Waals surface area contributed by atoms with Gasteiger partial charge in [-0.1, -0.05) is 6.92 Å². The Morgan fingerprint density at radius 2 is 2.10 bits per heavy atom. The lowest BCUT2D eigenvalue weighted by Gasteiger charge is -2.11. The number of nitrogens with zero attached hydrogens (tertiary/aromatic N) is 3. The van der Waals surface area contributed by atoms with Crippen LogP contribution in [-0.2, 0) is 13.5 Å². The summed E-state index contributed by atoms with van der Waals surface area (Å²) in [6.45, 7) is 0.108. The molecule has 0 radical (unpaired) electrons. The average molecular weight is 428 g/mol. The minimum Gasteiger partial charge on any atom is -0.481 e. The molecular formula is C17H15F3N4O4S. The summed E-state index contributed by atoms with van der Waals surface area (Å²) in [5.41, 5.74) is 1.98. The van der Waals surface area contributed by atoms with Crippen LogP contribution in [0.15, 0.2) is 17.0 Å². The number of anilines is 1. The standard InChI is InChI=1S/C17H15F3N4O4S/c1-3-9-10(23-15(25)11-5-29-7-21-11)4-8-13(28-6-17(18,19)20)12(16(26)27)24(2)14(8)22-9/h4-5,7H,3,6H2,1-2H3,(H,23,25)(H,26,27). The number of aromatic carboxylic acids is 1. The highest BCUT2D eigenvalue weighted by molar-refractivity contribution is 7.07. The van der Waals surface area contributed by atoms with E-state index in [-0.39, 0.29) is 22.4 Å². The first-order valence-corrected chi connectivity index (χ1v) is 9.21. The van der Waals surface area contributed by atoms with Gasteiger partial charge in [0.2, 0.25) is 0 Å². The Bertz CT molecular complexity index is 1080. The number of hydrogen-bond donors (Lipinski definition) is 2. The van der Waals surface area contributed by atoms with Crippen LogP contribution in [0.25, 0.3) is 11.0 Å². The zero-order valence-electron chi connectivity index (χ0n) is 15.2. The van der Waals surface area contributed by atoms with Crippen LogP contribution in [0.2, 0.25) is 0 Å². The van der Waals surface area contributed by atoms with Crippen molar-refractivity contribution in [2.45, 2.75) is 19.5 Å². The molecule has 0 aromatic carbocycles. The van der Waals surface area contributed by atoms with Gasteiger partial charge in [0.05, 0.1) is 22.3 Å². The van der Waals surface area contributed by atoms with Gasteiger partial charge in [-0.05, 0) is 12.5 Å². The number of hydrogen-bond acceptors (Lipinski definition) is 6. The summed E-state index contributed by atoms with van der Waals surface area (Å²) in [4.78, 5) is 32.2. The van der Waals surface area contributed by atoms with E-state index in [1.165, 1.54) is 35.3 Å². The molecule has 3 aromatic heterocycles. The molecule has 0 aliphatic carbocycles. The summed E-state index contributed by atoms with van der Waals surface area (Å²) in [7, 11) is 1.37. The SMILES string of the molecule is CCc1nc2c(cc1NC(=O)c1cscn1)c(OCC(F)(F)F)c(C(=O)O)n2C. The second-order valence-electron chi connectivity index (χ2n) is 5.98. The van der Waals surface area contributed by atoms with E-state index >= 15 is 0 Å². The summed E-state index contributed by atoms with van der Waals surface area (Å²) in [5, 5.41) is 13.7. The molecule has 8 nitrogen and oxygen atoms in total. The minimum absolute atomic E-state index is 0.0416. The highest BCUT2D eigenvalue weighted by Gasteiger charge is 2.32. The van der Waals surface area contributed by atoms with E-state index in [2.05, 4.69) is 15.3 Å². The lowest BCUT2D eigenvalue weighted by atomic mass is 10.2. The maximum atomic E-state index is 12.7. The predicted octanol–water partition coefficient (Wildman–Crippen LogP) is 3.48. The monoisotopic (exact) mass is 428 g/mol. The number of halogens is 3. The average Bonchev–Trinajstić information content (AvgIpc) is 3.26. The Kier molecular flexibility index (Phi) is 5.46. The van der Waals surface area contributed by atoms with E-state index in [1.807, 2.05) is 0 Å². The first-order valence-electron chi connectivity index (χ1n) is 8.27. The van der Waals surface area contributed by atoms with Crippen molar-refractivity contribution in [2.75, 3.05) is 11.9 Å². The fourth-order valence-electron chi connectivity index (χ4n) is 2.78. The second-order valence-corrected chi connectivity index (χ2v) is 6.70. The number of rotatable bonds is 6. The summed E-state index contributed by atoms with van der Waals surface area (Å²) in [6.07, 6.45) is -4.27. The van der Waals surface area contributed by atoms with Crippen molar-refractivity contribution in [3.63, 3.8) is 0 Å². The molecule has 12 heteroatoms. The Labute approximate surface area is 166 Å². The van der Waals surface area contributed by atoms with E-state index in [1.54, 1.807) is 6.92 Å². The number of aryl methyl sites for hydroxylation is 2. The number of alkyl halides is 3. The number of carbonyl (C=O) groups excluding carboxylic acids is 1. The molecule has 29 heavy (non-hydrogen) atoms. The molecule has 0 atom stereocenters. The van der Waals surface area contributed by atoms with Crippen molar-refractivity contribution < 1.29 is 32.6 Å². The van der Waals surface area contributed by atoms with Gasteiger partial charge in [0.25, 0.3) is 5.91 Å². The molecule has 2 N–H and O–H groups in total. The summed E-state index contributed by atoms with van der Waals surface area (Å²) in [6, 6.07) is 1.36. The van der Waals surface area contributed by atoms with Crippen molar-refractivity contribution in [3.8, 4) is 5.75 Å². The van der Waals surface area contributed by atoms with Gasteiger partial charge in [-0.25, -0.2) is 14.8 Å². The number of ether oxygens (including phenoxy) is 1. The minimum atomic E-state index is -4.66. The first kappa shape index (κ1) is 20.6. The molecule has 0 saturated heterocycles. The molecule has 0 unspecified atom stereocenters. The molecule has 0 aliphatic rings. The number of nitrogens with one attached hydrogen (secondary N) is 1. The third-order valence-electron chi connectivity index (χ3n) is 4.02. The fraction of sp³-hybridized carbons (Fsp3) is 0.294. The third-order valence-corrected chi connectivity index (χ3v) is 4.61. The van der Waals surface area contributed by atoms with Crippen LogP contribution < -0.4 is 10.1 Å². The van der Waals surface area contributed by atoms with Gasteiger partial charge in [-0.3, -0.25) is 4.79 Å². The summed E-state index contributed by atoms with van der Waals surface area (Å²) in [5.74, 6) is -2.45. The highest BCUT2D eigenvalue weighted by atomic mass is 32.1. The molecule has 3 heterocycles. The highest BCUT2D eigenvalue weighted by Crippen LogP contribution is 2.36. The molecule has 0 fully saturated rings. The molecule has 154 valence electrons. The molecule has 3 rings (SSSR count). The van der Waals surface area contributed by atoms with E-state index in [9.17, 15) is 27.9 Å². The Balaban J connectivity index is 2.13. The number of carbonyl (C=O) groups is 2. The van der Waals surface area contributed by atoms with Crippen LogP contribution in [0, 0.1) is 0 Å². The smallest absolute Gasteiger partial charge is 0.422 e. The van der Waals surface area contributed by atoms with Crippen molar-refractivity contribution >= 4 is 39.9 Å². The Hall–Kier alpha value is -3.15. The molecular weight excluding hydrogens is 413 g/mol. The van der Waals surface area contributed by atoms with Gasteiger partial charge in [-0.2, -0.15) is 13.2 Å². The lowest BCUT2D eigenvalue weighted by molar-refractivity contribution is -0.153. The van der Waals surface area contributed by atoms with Crippen molar-refractivity contribution in [3.05, 3.63) is 34.0 Å². The Morgan fingerprint density at radius 3 is 2.66 bits per heavy atom. The summed E-state index contributed by atoms with van der Waals surface area (Å²) < 4.78 is 43.9. The van der Waals surface area contributed by atoms with Crippen LogP contribution in [0.5, 0.6) is 5.75 Å². The van der Waals surface area contributed by atoms with Crippen LogP contribution in [0.4, 0.5) is 18.9 Å². The van der Waals surface area contributed by atoms with E-state index in [4.69, 9.17) is 4.74 Å². The molecule has 0 aliphatic heterocycles. The van der Waals surface area contributed by atoms with Gasteiger partial charge in [0.15, 0.2) is 18.1 Å². The van der Waals surface area contributed by atoms with E-state index in [0.29, 0.717) is 12.1 Å². The maximum absolute atomic E-state index is 12.7. The third kappa shape index (κ3) is 4.16. The maximum Gasteiger partial charge on any atom is 0.422 e. The normalized spacial score (nSPS) is 11.6. The molecule has 0 spiro atoms. The van der Waals surface area contributed by atoms with Gasteiger partial charge in [0.1, 0.15) is 11.3 Å². The van der Waals surface area contributed by atoms with Gasteiger partial charge >= 0.3 is 12.1 Å². The predicted molar refractivity (Wildman–Crippen MR) is 98.7 cm³/mol. The number of thiazole rings is 1. The quantitative estimate of drug-likeness (QED) is 0.623. The van der Waals surface area contributed by atoms with Gasteiger partial charge in [-0.15, -0.1) is 11.3 Å². The molecule has 0 saturated carbocycles. The zero-order valence-corrected chi connectivity index (χ0v) is 16.0. The fourth-order valence-corrected chi connectivity index (χ4v) is 3.31. The van der Waals surface area contributed by atoms with Crippen molar-refractivity contribution in [1.29, 1.82) is 0 Å². The Morgan fingerprint density at radius 1 is 1.38 bits per heavy atom. The molecule has 1 amide bonds. The first-order chi connectivity index (χ1) is 13.6. The van der Waals surface area contributed by atoms with Crippen LogP contribution in [0.3, 0.4) is 0 Å². The number of amides is 1. The number of carboxylic acids is 1. The topological polar surface area (TPSA) is 106 Å². The summed E-state index contributed by atoms with van der Waals surface area (Å²) >= 11 is 1.23. The second kappa shape index (κ2) is 7.70. The van der Waals surface area contributed by atoms with Gasteiger partial charge < -0.3 is 19.7 Å². The largest absolute Gasteiger partial charge is 0.481 e. The number of carboxylic acid groups (broad SMARTS) is 1. The number of fused-ring (bicyclic) bond motifs is 1. The molecule has 3 aromatic rings.